The molecule has 0 saturated carbocycles. The van der Waals surface area contributed by atoms with Crippen LogP contribution in [0.25, 0.3) is 10.9 Å². The maximum absolute atomic E-state index is 4.45. The average Bonchev–Trinajstić information content (AvgIpc) is 2.90. The third kappa shape index (κ3) is 2.39. The first kappa shape index (κ1) is 12.0. The molecule has 3 rings (SSSR count). The third-order valence-corrected chi connectivity index (χ3v) is 3.74. The summed E-state index contributed by atoms with van der Waals surface area (Å²) in [7, 11) is 0. The summed E-state index contributed by atoms with van der Waals surface area (Å²) < 4.78 is 0. The molecule has 0 amide bonds. The summed E-state index contributed by atoms with van der Waals surface area (Å²) >= 11 is 0. The van der Waals surface area contributed by atoms with Crippen molar-refractivity contribution in [3.63, 3.8) is 0 Å². The van der Waals surface area contributed by atoms with Crippen molar-refractivity contribution in [1.82, 2.24) is 9.97 Å². The standard InChI is InChI=1S/C17H18N2/c1-2-13(11-14-7-5-6-10-18-14)16-12-19-17-9-4-3-8-15(16)17/h3-10,12-13,19H,2,11H2,1H3. The van der Waals surface area contributed by atoms with Crippen molar-refractivity contribution < 1.29 is 0 Å². The van der Waals surface area contributed by atoms with E-state index >= 15 is 0 Å². The molecule has 0 saturated heterocycles. The molecule has 1 N–H and O–H groups in total. The van der Waals surface area contributed by atoms with E-state index in [4.69, 9.17) is 0 Å². The van der Waals surface area contributed by atoms with Gasteiger partial charge in [-0.25, -0.2) is 0 Å². The van der Waals surface area contributed by atoms with E-state index in [2.05, 4.69) is 59.5 Å². The van der Waals surface area contributed by atoms with Crippen molar-refractivity contribution >= 4 is 10.9 Å². The van der Waals surface area contributed by atoms with E-state index in [1.54, 1.807) is 0 Å². The van der Waals surface area contributed by atoms with Crippen LogP contribution in [0.1, 0.15) is 30.5 Å². The lowest BCUT2D eigenvalue weighted by Crippen LogP contribution is -2.02. The molecule has 2 aromatic heterocycles. The monoisotopic (exact) mass is 250 g/mol. The van der Waals surface area contributed by atoms with Crippen LogP contribution in [0, 0.1) is 0 Å². The predicted octanol–water partition coefficient (Wildman–Crippen LogP) is 4.30. The highest BCUT2D eigenvalue weighted by Gasteiger charge is 2.15. The van der Waals surface area contributed by atoms with Gasteiger partial charge in [-0.15, -0.1) is 0 Å². The van der Waals surface area contributed by atoms with E-state index in [1.165, 1.54) is 22.2 Å². The van der Waals surface area contributed by atoms with Gasteiger partial charge >= 0.3 is 0 Å². The Hall–Kier alpha value is -2.09. The minimum atomic E-state index is 0.519. The van der Waals surface area contributed by atoms with Crippen LogP contribution >= 0.6 is 0 Å². The number of fused-ring (bicyclic) bond motifs is 1. The second-order valence-corrected chi connectivity index (χ2v) is 4.92. The summed E-state index contributed by atoms with van der Waals surface area (Å²) in [6.45, 7) is 2.25. The van der Waals surface area contributed by atoms with E-state index in [0.29, 0.717) is 5.92 Å². The SMILES string of the molecule is CCC(Cc1ccccn1)c1c[nH]c2ccccc12. The van der Waals surface area contributed by atoms with Crippen LogP contribution in [0.2, 0.25) is 0 Å². The Morgan fingerprint density at radius 2 is 1.95 bits per heavy atom. The van der Waals surface area contributed by atoms with E-state index in [0.717, 1.165) is 12.8 Å². The number of H-pyrrole nitrogens is 1. The molecule has 96 valence electrons. The Balaban J connectivity index is 1.94. The second kappa shape index (κ2) is 5.27. The van der Waals surface area contributed by atoms with Crippen LogP contribution in [-0.2, 0) is 6.42 Å². The molecule has 0 radical (unpaired) electrons. The van der Waals surface area contributed by atoms with Crippen molar-refractivity contribution in [3.8, 4) is 0 Å². The number of pyridine rings is 1. The van der Waals surface area contributed by atoms with Gasteiger partial charge in [-0.2, -0.15) is 0 Å². The lowest BCUT2D eigenvalue weighted by atomic mass is 9.91. The van der Waals surface area contributed by atoms with Gasteiger partial charge in [0.2, 0.25) is 0 Å². The third-order valence-electron chi connectivity index (χ3n) is 3.74. The zero-order valence-corrected chi connectivity index (χ0v) is 11.1. The highest BCUT2D eigenvalue weighted by Crippen LogP contribution is 2.29. The predicted molar refractivity (Wildman–Crippen MR) is 79.3 cm³/mol. The van der Waals surface area contributed by atoms with E-state index in [9.17, 15) is 0 Å². The van der Waals surface area contributed by atoms with Crippen molar-refractivity contribution in [1.29, 1.82) is 0 Å². The van der Waals surface area contributed by atoms with E-state index < -0.39 is 0 Å². The summed E-state index contributed by atoms with van der Waals surface area (Å²) in [5, 5.41) is 1.34. The fraction of sp³-hybridized carbons (Fsp3) is 0.235. The van der Waals surface area contributed by atoms with Gasteiger partial charge in [0.05, 0.1) is 0 Å². The summed E-state index contributed by atoms with van der Waals surface area (Å²) in [5.41, 5.74) is 3.79. The van der Waals surface area contributed by atoms with Crippen LogP contribution in [0.3, 0.4) is 0 Å². The average molecular weight is 250 g/mol. The number of hydrogen-bond donors (Lipinski definition) is 1. The number of nitrogens with zero attached hydrogens (tertiary/aromatic N) is 1. The van der Waals surface area contributed by atoms with E-state index in [1.807, 2.05) is 12.3 Å². The minimum Gasteiger partial charge on any atom is -0.361 e. The van der Waals surface area contributed by atoms with Crippen molar-refractivity contribution in [2.75, 3.05) is 0 Å². The lowest BCUT2D eigenvalue weighted by Gasteiger charge is -2.13. The van der Waals surface area contributed by atoms with Gasteiger partial charge in [-0.1, -0.05) is 31.2 Å². The van der Waals surface area contributed by atoms with Crippen LogP contribution in [-0.4, -0.2) is 9.97 Å². The van der Waals surface area contributed by atoms with E-state index in [-0.39, 0.29) is 0 Å². The maximum Gasteiger partial charge on any atom is 0.0456 e. The first-order valence-corrected chi connectivity index (χ1v) is 6.84. The second-order valence-electron chi connectivity index (χ2n) is 4.92. The van der Waals surface area contributed by atoms with Gasteiger partial charge in [0.15, 0.2) is 0 Å². The molecule has 0 spiro atoms. The number of hydrogen-bond acceptors (Lipinski definition) is 1. The highest BCUT2D eigenvalue weighted by atomic mass is 14.7. The normalized spacial score (nSPS) is 12.7. The van der Waals surface area contributed by atoms with Crippen molar-refractivity contribution in [3.05, 3.63) is 66.1 Å². The summed E-state index contributed by atoms with van der Waals surface area (Å²) in [6, 6.07) is 14.6. The smallest absolute Gasteiger partial charge is 0.0456 e. The maximum atomic E-state index is 4.45. The molecule has 0 aliphatic carbocycles. The Morgan fingerprint density at radius 1 is 1.11 bits per heavy atom. The number of nitrogens with one attached hydrogen (secondary N) is 1. The molecular weight excluding hydrogens is 232 g/mol. The number of benzene rings is 1. The van der Waals surface area contributed by atoms with Crippen LogP contribution in [0.4, 0.5) is 0 Å². The molecule has 0 bridgehead atoms. The fourth-order valence-corrected chi connectivity index (χ4v) is 2.68. The summed E-state index contributed by atoms with van der Waals surface area (Å²) in [5.74, 6) is 0.519. The molecule has 3 aromatic rings. The van der Waals surface area contributed by atoms with Crippen molar-refractivity contribution in [2.45, 2.75) is 25.7 Å². The molecule has 2 heteroatoms. The molecule has 19 heavy (non-hydrogen) atoms. The quantitative estimate of drug-likeness (QED) is 0.734. The van der Waals surface area contributed by atoms with Crippen molar-refractivity contribution in [2.24, 2.45) is 0 Å². The van der Waals surface area contributed by atoms with Gasteiger partial charge < -0.3 is 4.98 Å². The van der Waals surface area contributed by atoms with Crippen LogP contribution < -0.4 is 0 Å². The first-order valence-electron chi connectivity index (χ1n) is 6.84. The molecule has 0 aliphatic heterocycles. The summed E-state index contributed by atoms with van der Waals surface area (Å²) in [4.78, 5) is 7.81. The highest BCUT2D eigenvalue weighted by molar-refractivity contribution is 5.83. The molecule has 1 aromatic carbocycles. The number of aromatic nitrogens is 2. The molecule has 0 fully saturated rings. The molecule has 1 atom stereocenters. The Bertz CT molecular complexity index is 655. The largest absolute Gasteiger partial charge is 0.361 e. The molecule has 0 aliphatic rings. The topological polar surface area (TPSA) is 28.7 Å². The zero-order chi connectivity index (χ0) is 13.1. The van der Waals surface area contributed by atoms with Gasteiger partial charge in [-0.05, 0) is 42.5 Å². The fourth-order valence-electron chi connectivity index (χ4n) is 2.68. The number of aromatic amines is 1. The number of para-hydroxylation sites is 1. The molecule has 1 unspecified atom stereocenters. The minimum absolute atomic E-state index is 0.519. The molecule has 2 heterocycles. The van der Waals surface area contributed by atoms with Gasteiger partial charge in [0, 0.05) is 29.0 Å². The Kier molecular flexibility index (Phi) is 3.32. The summed E-state index contributed by atoms with van der Waals surface area (Å²) in [6.07, 6.45) is 6.15. The molecule has 2 nitrogen and oxygen atoms in total. The van der Waals surface area contributed by atoms with Gasteiger partial charge in [0.1, 0.15) is 0 Å². The Labute approximate surface area is 113 Å². The van der Waals surface area contributed by atoms with Crippen LogP contribution in [0.15, 0.2) is 54.9 Å². The Morgan fingerprint density at radius 3 is 2.74 bits per heavy atom. The zero-order valence-electron chi connectivity index (χ0n) is 11.1. The lowest BCUT2D eigenvalue weighted by molar-refractivity contribution is 0.654. The van der Waals surface area contributed by atoms with Gasteiger partial charge in [0.25, 0.3) is 0 Å². The van der Waals surface area contributed by atoms with Gasteiger partial charge in [-0.3, -0.25) is 4.98 Å². The number of rotatable bonds is 4. The first-order chi connectivity index (χ1) is 9.38. The molecular formula is C17H18N2. The van der Waals surface area contributed by atoms with Crippen LogP contribution in [0.5, 0.6) is 0 Å².